The second-order valence-electron chi connectivity index (χ2n) is 7.02. The van der Waals surface area contributed by atoms with Crippen LogP contribution in [0.3, 0.4) is 0 Å². The number of benzene rings is 2. The minimum absolute atomic E-state index is 0.404. The third kappa shape index (κ3) is 2.48. The summed E-state index contributed by atoms with van der Waals surface area (Å²) in [6.07, 6.45) is 6.53. The molecule has 2 nitrogen and oxygen atoms in total. The fourth-order valence-corrected chi connectivity index (χ4v) is 4.09. The zero-order chi connectivity index (χ0) is 17.6. The highest BCUT2D eigenvalue weighted by molar-refractivity contribution is 5.90. The van der Waals surface area contributed by atoms with Gasteiger partial charge >= 0.3 is 0 Å². The molecule has 0 spiro atoms. The van der Waals surface area contributed by atoms with E-state index in [1.807, 2.05) is 0 Å². The molecule has 1 unspecified atom stereocenters. The van der Waals surface area contributed by atoms with Gasteiger partial charge < -0.3 is 9.64 Å². The molecule has 1 atom stereocenters. The molecule has 0 bridgehead atoms. The maximum Gasteiger partial charge on any atom is 0.151 e. The first kappa shape index (κ1) is 16.0. The molecule has 1 aliphatic carbocycles. The second kappa shape index (κ2) is 6.11. The highest BCUT2D eigenvalue weighted by atomic mass is 16.5. The Morgan fingerprint density at radius 3 is 2.60 bits per heavy atom. The minimum atomic E-state index is 0.404. The SMILES string of the molecule is C/C=C\C1=C(CC)CC(C)C2=C1N(C)c1cc3ccccc3cc1O2. The van der Waals surface area contributed by atoms with Gasteiger partial charge in [0.05, 0.1) is 11.4 Å². The Hall–Kier alpha value is -2.48. The lowest BCUT2D eigenvalue weighted by atomic mass is 9.84. The van der Waals surface area contributed by atoms with Crippen molar-refractivity contribution in [2.75, 3.05) is 11.9 Å². The molecular weight excluding hydrogens is 306 g/mol. The molecule has 25 heavy (non-hydrogen) atoms. The number of nitrogens with zero attached hydrogens (tertiary/aromatic N) is 1. The zero-order valence-electron chi connectivity index (χ0n) is 15.5. The third-order valence-electron chi connectivity index (χ3n) is 5.37. The van der Waals surface area contributed by atoms with E-state index in [1.165, 1.54) is 27.6 Å². The molecule has 2 aromatic rings. The largest absolute Gasteiger partial charge is 0.457 e. The van der Waals surface area contributed by atoms with Gasteiger partial charge in [0, 0.05) is 18.5 Å². The zero-order valence-corrected chi connectivity index (χ0v) is 15.5. The molecule has 0 radical (unpaired) electrons. The Morgan fingerprint density at radius 1 is 1.20 bits per heavy atom. The van der Waals surface area contributed by atoms with Crippen LogP contribution in [0.25, 0.3) is 10.8 Å². The van der Waals surface area contributed by atoms with Crippen molar-refractivity contribution < 1.29 is 4.74 Å². The molecule has 0 saturated carbocycles. The molecule has 128 valence electrons. The van der Waals surface area contributed by atoms with Crippen molar-refractivity contribution in [1.82, 2.24) is 0 Å². The van der Waals surface area contributed by atoms with Crippen molar-refractivity contribution in [2.45, 2.75) is 33.6 Å². The van der Waals surface area contributed by atoms with Gasteiger partial charge in [-0.25, -0.2) is 0 Å². The lowest BCUT2D eigenvalue weighted by Crippen LogP contribution is -2.31. The van der Waals surface area contributed by atoms with E-state index >= 15 is 0 Å². The van der Waals surface area contributed by atoms with Crippen LogP contribution < -0.4 is 9.64 Å². The number of allylic oxidation sites excluding steroid dienone is 4. The first-order valence-electron chi connectivity index (χ1n) is 9.17. The smallest absolute Gasteiger partial charge is 0.151 e. The van der Waals surface area contributed by atoms with Crippen LogP contribution >= 0.6 is 0 Å². The highest BCUT2D eigenvalue weighted by Crippen LogP contribution is 2.47. The predicted molar refractivity (Wildman–Crippen MR) is 106 cm³/mol. The quantitative estimate of drug-likeness (QED) is 0.649. The number of ether oxygens (including phenoxy) is 1. The molecule has 2 heteroatoms. The molecule has 0 aromatic heterocycles. The topological polar surface area (TPSA) is 12.5 Å². The number of hydrogen-bond donors (Lipinski definition) is 0. The van der Waals surface area contributed by atoms with Gasteiger partial charge in [-0.15, -0.1) is 0 Å². The maximum atomic E-state index is 6.47. The van der Waals surface area contributed by atoms with E-state index in [-0.39, 0.29) is 0 Å². The van der Waals surface area contributed by atoms with Gasteiger partial charge in [0.2, 0.25) is 0 Å². The van der Waals surface area contributed by atoms with Crippen LogP contribution in [-0.2, 0) is 0 Å². The summed E-state index contributed by atoms with van der Waals surface area (Å²) in [5.74, 6) is 2.48. The summed E-state index contributed by atoms with van der Waals surface area (Å²) in [6, 6.07) is 12.9. The number of rotatable bonds is 2. The van der Waals surface area contributed by atoms with E-state index in [0.29, 0.717) is 5.92 Å². The molecular formula is C23H25NO. The van der Waals surface area contributed by atoms with Gasteiger partial charge in [-0.2, -0.15) is 0 Å². The molecule has 1 aliphatic heterocycles. The minimum Gasteiger partial charge on any atom is -0.457 e. The van der Waals surface area contributed by atoms with Crippen molar-refractivity contribution in [3.63, 3.8) is 0 Å². The monoisotopic (exact) mass is 331 g/mol. The van der Waals surface area contributed by atoms with E-state index in [1.54, 1.807) is 0 Å². The normalized spacial score (nSPS) is 20.2. The van der Waals surface area contributed by atoms with Crippen molar-refractivity contribution in [1.29, 1.82) is 0 Å². The van der Waals surface area contributed by atoms with Crippen molar-refractivity contribution in [3.05, 3.63) is 71.2 Å². The van der Waals surface area contributed by atoms with E-state index in [2.05, 4.69) is 81.3 Å². The molecule has 2 aliphatic rings. The summed E-state index contributed by atoms with van der Waals surface area (Å²) in [5, 5.41) is 2.47. The summed E-state index contributed by atoms with van der Waals surface area (Å²) < 4.78 is 6.47. The summed E-state index contributed by atoms with van der Waals surface area (Å²) in [7, 11) is 2.17. The average Bonchev–Trinajstić information content (AvgIpc) is 2.63. The number of likely N-dealkylation sites (N-methyl/N-ethyl adjacent to an activating group) is 1. The van der Waals surface area contributed by atoms with Crippen molar-refractivity contribution >= 4 is 16.5 Å². The van der Waals surface area contributed by atoms with Gasteiger partial charge in [-0.3, -0.25) is 0 Å². The van der Waals surface area contributed by atoms with E-state index in [9.17, 15) is 0 Å². The van der Waals surface area contributed by atoms with Crippen LogP contribution in [0.4, 0.5) is 5.69 Å². The number of hydrogen-bond acceptors (Lipinski definition) is 2. The van der Waals surface area contributed by atoms with Gasteiger partial charge in [0.15, 0.2) is 5.75 Å². The van der Waals surface area contributed by atoms with Crippen molar-refractivity contribution in [2.24, 2.45) is 5.92 Å². The first-order chi connectivity index (χ1) is 12.1. The van der Waals surface area contributed by atoms with Crippen LogP contribution in [0.1, 0.15) is 33.6 Å². The Bertz CT molecular complexity index is 932. The molecule has 0 N–H and O–H groups in total. The lowest BCUT2D eigenvalue weighted by Gasteiger charge is -2.39. The van der Waals surface area contributed by atoms with Crippen molar-refractivity contribution in [3.8, 4) is 5.75 Å². The summed E-state index contributed by atoms with van der Waals surface area (Å²) >= 11 is 0. The highest BCUT2D eigenvalue weighted by Gasteiger charge is 2.34. The van der Waals surface area contributed by atoms with E-state index in [4.69, 9.17) is 4.74 Å². The van der Waals surface area contributed by atoms with Crippen LogP contribution in [0.15, 0.2) is 71.2 Å². The third-order valence-corrected chi connectivity index (χ3v) is 5.37. The van der Waals surface area contributed by atoms with Crippen LogP contribution in [-0.4, -0.2) is 7.05 Å². The maximum absolute atomic E-state index is 6.47. The molecule has 4 rings (SSSR count). The molecule has 0 fully saturated rings. The lowest BCUT2D eigenvalue weighted by molar-refractivity contribution is 0.335. The molecule has 0 amide bonds. The fourth-order valence-electron chi connectivity index (χ4n) is 4.09. The Balaban J connectivity index is 1.92. The van der Waals surface area contributed by atoms with E-state index < -0.39 is 0 Å². The summed E-state index contributed by atoms with van der Waals surface area (Å²) in [5.41, 5.74) is 5.23. The summed E-state index contributed by atoms with van der Waals surface area (Å²) in [4.78, 5) is 2.32. The Kier molecular flexibility index (Phi) is 3.91. The number of anilines is 1. The molecule has 2 aromatic carbocycles. The van der Waals surface area contributed by atoms with Gasteiger partial charge in [0.25, 0.3) is 0 Å². The Labute approximate surface area is 150 Å². The van der Waals surface area contributed by atoms with E-state index in [0.717, 1.165) is 30.0 Å². The predicted octanol–water partition coefficient (Wildman–Crippen LogP) is 6.20. The second-order valence-corrected chi connectivity index (χ2v) is 7.02. The average molecular weight is 331 g/mol. The van der Waals surface area contributed by atoms with Crippen LogP contribution in [0, 0.1) is 5.92 Å². The van der Waals surface area contributed by atoms with Gasteiger partial charge in [-0.1, -0.05) is 55.8 Å². The van der Waals surface area contributed by atoms with Gasteiger partial charge in [-0.05, 0) is 42.7 Å². The van der Waals surface area contributed by atoms with Gasteiger partial charge in [0.1, 0.15) is 5.76 Å². The molecule has 0 saturated heterocycles. The summed E-state index contributed by atoms with van der Waals surface area (Å²) in [6.45, 7) is 6.61. The number of fused-ring (bicyclic) bond motifs is 2. The fraction of sp³-hybridized carbons (Fsp3) is 0.304. The van der Waals surface area contributed by atoms with Crippen LogP contribution in [0.2, 0.25) is 0 Å². The standard InChI is InChI=1S/C23H25NO/c1-5-9-19-16(6-2)12-15(3)23-22(19)24(4)20-13-17-10-7-8-11-18(17)14-21(20)25-23/h5,7-11,13-15H,6,12H2,1-4H3/b9-5-. The first-order valence-corrected chi connectivity index (χ1v) is 9.17. The molecule has 1 heterocycles. The van der Waals surface area contributed by atoms with Crippen LogP contribution in [0.5, 0.6) is 5.75 Å². The Morgan fingerprint density at radius 2 is 1.92 bits per heavy atom.